The van der Waals surface area contributed by atoms with Gasteiger partial charge in [-0.25, -0.2) is 4.79 Å². The molecule has 1 saturated heterocycles. The van der Waals surface area contributed by atoms with Crippen LogP contribution in [-0.4, -0.2) is 49.6 Å². The van der Waals surface area contributed by atoms with Crippen molar-refractivity contribution in [2.45, 2.75) is 6.04 Å². The largest absolute Gasteiger partial charge is 0.467 e. The molecule has 2 rings (SSSR count). The summed E-state index contributed by atoms with van der Waals surface area (Å²) in [7, 11) is 1.34. The quantitative estimate of drug-likeness (QED) is 0.773. The lowest BCUT2D eigenvalue weighted by atomic mass is 10.2. The van der Waals surface area contributed by atoms with Crippen molar-refractivity contribution in [2.75, 3.05) is 26.7 Å². The van der Waals surface area contributed by atoms with Crippen LogP contribution in [0.1, 0.15) is 9.67 Å². The maximum Gasteiger partial charge on any atom is 0.329 e. The average molecular weight is 254 g/mol. The number of nitrogens with one attached hydrogen (secondary N) is 1. The third-order valence-electron chi connectivity index (χ3n) is 2.71. The second-order valence-corrected chi connectivity index (χ2v) is 4.67. The zero-order valence-electron chi connectivity index (χ0n) is 9.51. The van der Waals surface area contributed by atoms with Gasteiger partial charge in [0.15, 0.2) is 0 Å². The first-order chi connectivity index (χ1) is 8.24. The van der Waals surface area contributed by atoms with E-state index in [1.165, 1.54) is 18.4 Å². The van der Waals surface area contributed by atoms with E-state index in [4.69, 9.17) is 4.74 Å². The Bertz CT molecular complexity index is 405. The van der Waals surface area contributed by atoms with Crippen molar-refractivity contribution in [1.29, 1.82) is 0 Å². The smallest absolute Gasteiger partial charge is 0.329 e. The molecule has 1 aromatic rings. The van der Waals surface area contributed by atoms with E-state index in [2.05, 4.69) is 5.32 Å². The summed E-state index contributed by atoms with van der Waals surface area (Å²) in [6.45, 7) is 1.67. The molecule has 0 aliphatic carbocycles. The minimum absolute atomic E-state index is 0.100. The molecule has 1 atom stereocenters. The minimum Gasteiger partial charge on any atom is -0.467 e. The predicted molar refractivity (Wildman–Crippen MR) is 64.0 cm³/mol. The fraction of sp³-hybridized carbons (Fsp3) is 0.455. The van der Waals surface area contributed by atoms with Crippen molar-refractivity contribution < 1.29 is 14.3 Å². The Morgan fingerprint density at radius 2 is 2.41 bits per heavy atom. The lowest BCUT2D eigenvalue weighted by molar-refractivity contribution is -0.146. The Morgan fingerprint density at radius 1 is 1.59 bits per heavy atom. The number of methoxy groups -OCH3 is 1. The maximum absolute atomic E-state index is 12.2. The van der Waals surface area contributed by atoms with Gasteiger partial charge in [0.2, 0.25) is 0 Å². The summed E-state index contributed by atoms with van der Waals surface area (Å²) in [5.41, 5.74) is 0. The van der Waals surface area contributed by atoms with Crippen molar-refractivity contribution in [1.82, 2.24) is 10.2 Å². The molecule has 6 heteroatoms. The van der Waals surface area contributed by atoms with Gasteiger partial charge in [0.1, 0.15) is 6.04 Å². The summed E-state index contributed by atoms with van der Waals surface area (Å²) in [4.78, 5) is 26.0. The summed E-state index contributed by atoms with van der Waals surface area (Å²) in [6, 6.07) is 3.07. The molecule has 0 saturated carbocycles. The fourth-order valence-electron chi connectivity index (χ4n) is 1.84. The summed E-state index contributed by atoms with van der Waals surface area (Å²) in [6.07, 6.45) is 0. The van der Waals surface area contributed by atoms with Crippen molar-refractivity contribution in [3.05, 3.63) is 22.4 Å². The Balaban J connectivity index is 2.16. The number of thiophene rings is 1. The normalized spacial score (nSPS) is 20.1. The lowest BCUT2D eigenvalue weighted by Gasteiger charge is -2.33. The van der Waals surface area contributed by atoms with Gasteiger partial charge in [0.25, 0.3) is 5.91 Å². The second kappa shape index (κ2) is 5.29. The van der Waals surface area contributed by atoms with Crippen LogP contribution in [0, 0.1) is 0 Å². The molecule has 1 N–H and O–H groups in total. The second-order valence-electron chi connectivity index (χ2n) is 3.72. The van der Waals surface area contributed by atoms with Gasteiger partial charge < -0.3 is 15.0 Å². The van der Waals surface area contributed by atoms with Crippen LogP contribution in [0.3, 0.4) is 0 Å². The third-order valence-corrected chi connectivity index (χ3v) is 3.57. The number of carbonyl (C=O) groups excluding carboxylic acids is 2. The minimum atomic E-state index is -0.525. The van der Waals surface area contributed by atoms with Gasteiger partial charge in [0, 0.05) is 19.6 Å². The first-order valence-corrected chi connectivity index (χ1v) is 6.25. The van der Waals surface area contributed by atoms with Gasteiger partial charge in [-0.1, -0.05) is 6.07 Å². The van der Waals surface area contributed by atoms with Crippen LogP contribution < -0.4 is 5.32 Å². The standard InChI is InChI=1S/C11H14N2O3S/c1-16-11(15)8-7-12-4-5-13(8)10(14)9-3-2-6-17-9/h2-3,6,8,12H,4-5,7H2,1H3. The van der Waals surface area contributed by atoms with Gasteiger partial charge in [-0.2, -0.15) is 0 Å². The number of hydrogen-bond donors (Lipinski definition) is 1. The highest BCUT2D eigenvalue weighted by Crippen LogP contribution is 2.15. The molecule has 1 unspecified atom stereocenters. The maximum atomic E-state index is 12.2. The molecule has 1 aliphatic heterocycles. The van der Waals surface area contributed by atoms with Gasteiger partial charge in [-0.3, -0.25) is 4.79 Å². The molecule has 0 spiro atoms. The van der Waals surface area contributed by atoms with Crippen molar-refractivity contribution >= 4 is 23.2 Å². The van der Waals surface area contributed by atoms with Crippen LogP contribution in [0.2, 0.25) is 0 Å². The number of piperazine rings is 1. The summed E-state index contributed by atoms with van der Waals surface area (Å²) in [5, 5.41) is 4.94. The molecule has 1 aliphatic rings. The molecule has 0 radical (unpaired) electrons. The number of ether oxygens (including phenoxy) is 1. The first kappa shape index (κ1) is 12.1. The average Bonchev–Trinajstić information content (AvgIpc) is 2.91. The Kier molecular flexibility index (Phi) is 3.75. The summed E-state index contributed by atoms with van der Waals surface area (Å²) < 4.78 is 4.72. The van der Waals surface area contributed by atoms with Gasteiger partial charge in [0.05, 0.1) is 12.0 Å². The molecule has 0 bridgehead atoms. The number of amides is 1. The molecule has 17 heavy (non-hydrogen) atoms. The van der Waals surface area contributed by atoms with Crippen LogP contribution in [0.25, 0.3) is 0 Å². The summed E-state index contributed by atoms with van der Waals surface area (Å²) in [5.74, 6) is -0.473. The summed E-state index contributed by atoms with van der Waals surface area (Å²) >= 11 is 1.38. The Morgan fingerprint density at radius 3 is 3.06 bits per heavy atom. The third kappa shape index (κ3) is 2.48. The number of hydrogen-bond acceptors (Lipinski definition) is 5. The van der Waals surface area contributed by atoms with Crippen molar-refractivity contribution in [3.8, 4) is 0 Å². The van der Waals surface area contributed by atoms with Crippen molar-refractivity contribution in [2.24, 2.45) is 0 Å². The SMILES string of the molecule is COC(=O)C1CNCCN1C(=O)c1cccs1. The first-order valence-electron chi connectivity index (χ1n) is 5.37. The molecular formula is C11H14N2O3S. The van der Waals surface area contributed by atoms with E-state index in [-0.39, 0.29) is 11.9 Å². The molecular weight excluding hydrogens is 240 g/mol. The van der Waals surface area contributed by atoms with E-state index in [0.29, 0.717) is 24.5 Å². The van der Waals surface area contributed by atoms with Crippen LogP contribution in [0.4, 0.5) is 0 Å². The van der Waals surface area contributed by atoms with E-state index in [1.807, 2.05) is 11.4 Å². The highest BCUT2D eigenvalue weighted by molar-refractivity contribution is 7.12. The molecule has 1 fully saturated rings. The zero-order valence-corrected chi connectivity index (χ0v) is 10.3. The van der Waals surface area contributed by atoms with Crippen LogP contribution in [-0.2, 0) is 9.53 Å². The van der Waals surface area contributed by atoms with E-state index < -0.39 is 6.04 Å². The topological polar surface area (TPSA) is 58.6 Å². The lowest BCUT2D eigenvalue weighted by Crippen LogP contribution is -2.57. The highest BCUT2D eigenvalue weighted by Gasteiger charge is 2.33. The van der Waals surface area contributed by atoms with E-state index in [1.54, 1.807) is 11.0 Å². The Labute approximate surface area is 103 Å². The van der Waals surface area contributed by atoms with Crippen molar-refractivity contribution in [3.63, 3.8) is 0 Å². The molecule has 5 nitrogen and oxygen atoms in total. The van der Waals surface area contributed by atoms with Gasteiger partial charge in [-0.15, -0.1) is 11.3 Å². The van der Waals surface area contributed by atoms with Crippen LogP contribution >= 0.6 is 11.3 Å². The number of esters is 1. The van der Waals surface area contributed by atoms with E-state index in [0.717, 1.165) is 0 Å². The van der Waals surface area contributed by atoms with Gasteiger partial charge >= 0.3 is 5.97 Å². The molecule has 0 aromatic carbocycles. The number of rotatable bonds is 2. The number of carbonyl (C=O) groups is 2. The van der Waals surface area contributed by atoms with Gasteiger partial charge in [-0.05, 0) is 11.4 Å². The molecule has 1 amide bonds. The highest BCUT2D eigenvalue weighted by atomic mass is 32.1. The fourth-order valence-corrected chi connectivity index (χ4v) is 2.51. The van der Waals surface area contributed by atoms with Crippen LogP contribution in [0.15, 0.2) is 17.5 Å². The monoisotopic (exact) mass is 254 g/mol. The molecule has 1 aromatic heterocycles. The van der Waals surface area contributed by atoms with E-state index >= 15 is 0 Å². The van der Waals surface area contributed by atoms with E-state index in [9.17, 15) is 9.59 Å². The zero-order chi connectivity index (χ0) is 12.3. The van der Waals surface area contributed by atoms with Crippen LogP contribution in [0.5, 0.6) is 0 Å². The number of nitrogens with zero attached hydrogens (tertiary/aromatic N) is 1. The predicted octanol–water partition coefficient (Wildman–Crippen LogP) is 0.335. The molecule has 2 heterocycles. The molecule has 92 valence electrons. The Hall–Kier alpha value is -1.40.